The van der Waals surface area contributed by atoms with Gasteiger partial charge in [0.2, 0.25) is 5.13 Å². The molecule has 4 rings (SSSR count). The van der Waals surface area contributed by atoms with Crippen molar-refractivity contribution in [1.29, 1.82) is 0 Å². The fraction of sp³-hybridized carbons (Fsp3) is 0. The van der Waals surface area contributed by atoms with Gasteiger partial charge in [0.1, 0.15) is 10.7 Å². The van der Waals surface area contributed by atoms with Gasteiger partial charge in [0, 0.05) is 21.7 Å². The van der Waals surface area contributed by atoms with Gasteiger partial charge in [-0.25, -0.2) is 4.98 Å². The van der Waals surface area contributed by atoms with Gasteiger partial charge in [-0.1, -0.05) is 89.7 Å². The SMILES string of the molecule is O=C(Nc1sc(N/N=C\c2ccccc2Cl)nc1-c1ccccc1)c1ccccc1. The van der Waals surface area contributed by atoms with E-state index < -0.39 is 0 Å². The molecule has 0 aliphatic carbocycles. The van der Waals surface area contributed by atoms with Crippen LogP contribution < -0.4 is 10.7 Å². The predicted molar refractivity (Wildman–Crippen MR) is 125 cm³/mol. The summed E-state index contributed by atoms with van der Waals surface area (Å²) >= 11 is 7.47. The summed E-state index contributed by atoms with van der Waals surface area (Å²) in [4.78, 5) is 17.3. The lowest BCUT2D eigenvalue weighted by Gasteiger charge is -2.05. The quantitative estimate of drug-likeness (QED) is 0.283. The molecule has 0 saturated heterocycles. The Morgan fingerprint density at radius 1 is 0.933 bits per heavy atom. The number of nitrogens with one attached hydrogen (secondary N) is 2. The maximum atomic E-state index is 12.6. The van der Waals surface area contributed by atoms with Gasteiger partial charge >= 0.3 is 0 Å². The fourth-order valence-electron chi connectivity index (χ4n) is 2.75. The van der Waals surface area contributed by atoms with Crippen molar-refractivity contribution in [2.24, 2.45) is 5.10 Å². The molecule has 4 aromatic rings. The van der Waals surface area contributed by atoms with E-state index in [1.165, 1.54) is 11.3 Å². The van der Waals surface area contributed by atoms with Crippen molar-refractivity contribution >= 4 is 45.2 Å². The molecule has 5 nitrogen and oxygen atoms in total. The minimum atomic E-state index is -0.192. The number of halogens is 1. The van der Waals surface area contributed by atoms with Crippen LogP contribution in [0.1, 0.15) is 15.9 Å². The smallest absolute Gasteiger partial charge is 0.256 e. The number of rotatable bonds is 6. The first-order valence-corrected chi connectivity index (χ1v) is 10.4. The molecule has 0 radical (unpaired) electrons. The molecule has 0 unspecified atom stereocenters. The molecule has 1 amide bonds. The highest BCUT2D eigenvalue weighted by Crippen LogP contribution is 2.36. The van der Waals surface area contributed by atoms with Gasteiger partial charge in [0.05, 0.1) is 6.21 Å². The molecule has 2 N–H and O–H groups in total. The number of hydrogen-bond acceptors (Lipinski definition) is 5. The summed E-state index contributed by atoms with van der Waals surface area (Å²) in [5.41, 5.74) is 5.89. The number of thiazole rings is 1. The van der Waals surface area contributed by atoms with Crippen LogP contribution in [-0.2, 0) is 0 Å². The number of nitrogens with zero attached hydrogens (tertiary/aromatic N) is 2. The van der Waals surface area contributed by atoms with Crippen LogP contribution in [0.3, 0.4) is 0 Å². The number of amides is 1. The molecule has 0 aliphatic heterocycles. The molecule has 1 aromatic heterocycles. The van der Waals surface area contributed by atoms with Gasteiger partial charge in [-0.05, 0) is 18.2 Å². The molecule has 0 spiro atoms. The minimum absolute atomic E-state index is 0.192. The Hall–Kier alpha value is -3.48. The summed E-state index contributed by atoms with van der Waals surface area (Å²) in [6, 6.07) is 26.2. The molecule has 3 aromatic carbocycles. The van der Waals surface area contributed by atoms with E-state index in [2.05, 4.69) is 20.8 Å². The molecule has 7 heteroatoms. The minimum Gasteiger partial charge on any atom is -0.312 e. The molecule has 30 heavy (non-hydrogen) atoms. The summed E-state index contributed by atoms with van der Waals surface area (Å²) in [6.45, 7) is 0. The van der Waals surface area contributed by atoms with E-state index in [-0.39, 0.29) is 5.91 Å². The van der Waals surface area contributed by atoms with Crippen LogP contribution in [0.4, 0.5) is 10.1 Å². The average Bonchev–Trinajstić information content (AvgIpc) is 3.19. The highest BCUT2D eigenvalue weighted by Gasteiger charge is 2.16. The van der Waals surface area contributed by atoms with Crippen LogP contribution in [0.15, 0.2) is 90.0 Å². The second kappa shape index (κ2) is 9.35. The van der Waals surface area contributed by atoms with Crippen molar-refractivity contribution in [2.45, 2.75) is 0 Å². The van der Waals surface area contributed by atoms with Crippen LogP contribution in [0, 0.1) is 0 Å². The zero-order valence-corrected chi connectivity index (χ0v) is 17.3. The monoisotopic (exact) mass is 432 g/mol. The Labute approximate surface area is 183 Å². The Morgan fingerprint density at radius 3 is 2.33 bits per heavy atom. The van der Waals surface area contributed by atoms with Gasteiger partial charge in [-0.2, -0.15) is 5.10 Å². The summed E-state index contributed by atoms with van der Waals surface area (Å²) in [7, 11) is 0. The highest BCUT2D eigenvalue weighted by molar-refractivity contribution is 7.20. The van der Waals surface area contributed by atoms with Crippen molar-refractivity contribution in [3.63, 3.8) is 0 Å². The number of hydrazone groups is 1. The van der Waals surface area contributed by atoms with E-state index in [1.54, 1.807) is 24.4 Å². The summed E-state index contributed by atoms with van der Waals surface area (Å²) < 4.78 is 0. The number of aromatic nitrogens is 1. The lowest BCUT2D eigenvalue weighted by molar-refractivity contribution is 0.102. The summed E-state index contributed by atoms with van der Waals surface area (Å²) in [5.74, 6) is -0.192. The summed E-state index contributed by atoms with van der Waals surface area (Å²) in [6.07, 6.45) is 1.63. The third-order valence-corrected chi connectivity index (χ3v) is 5.43. The third kappa shape index (κ3) is 4.74. The number of anilines is 2. The van der Waals surface area contributed by atoms with Crippen LogP contribution in [0.2, 0.25) is 5.02 Å². The number of benzene rings is 3. The fourth-order valence-corrected chi connectivity index (χ4v) is 3.76. The zero-order chi connectivity index (χ0) is 20.8. The first-order valence-electron chi connectivity index (χ1n) is 9.17. The van der Waals surface area contributed by atoms with E-state index in [4.69, 9.17) is 11.6 Å². The Morgan fingerprint density at radius 2 is 1.60 bits per heavy atom. The van der Waals surface area contributed by atoms with Crippen molar-refractivity contribution in [1.82, 2.24) is 4.98 Å². The highest BCUT2D eigenvalue weighted by atomic mass is 35.5. The molecule has 0 saturated carbocycles. The third-order valence-electron chi connectivity index (χ3n) is 4.21. The molecule has 0 atom stereocenters. The molecule has 0 bridgehead atoms. The Kier molecular flexibility index (Phi) is 6.17. The second-order valence-corrected chi connectivity index (χ2v) is 7.68. The lowest BCUT2D eigenvalue weighted by Crippen LogP contribution is -2.11. The maximum Gasteiger partial charge on any atom is 0.256 e. The topological polar surface area (TPSA) is 66.4 Å². The zero-order valence-electron chi connectivity index (χ0n) is 15.7. The normalized spacial score (nSPS) is 10.8. The first kappa shape index (κ1) is 19.8. The first-order chi connectivity index (χ1) is 14.7. The van der Waals surface area contributed by atoms with E-state index in [1.807, 2.05) is 66.7 Å². The van der Waals surface area contributed by atoms with Crippen molar-refractivity contribution < 1.29 is 4.79 Å². The lowest BCUT2D eigenvalue weighted by atomic mass is 10.1. The average molecular weight is 433 g/mol. The van der Waals surface area contributed by atoms with Crippen molar-refractivity contribution in [3.8, 4) is 11.3 Å². The summed E-state index contributed by atoms with van der Waals surface area (Å²) in [5, 5.41) is 9.01. The van der Waals surface area contributed by atoms with E-state index in [0.29, 0.717) is 26.4 Å². The number of carbonyl (C=O) groups excluding carboxylic acids is 1. The number of carbonyl (C=O) groups is 1. The van der Waals surface area contributed by atoms with Crippen molar-refractivity contribution in [3.05, 3.63) is 101 Å². The van der Waals surface area contributed by atoms with Gasteiger partial charge in [-0.15, -0.1) is 0 Å². The van der Waals surface area contributed by atoms with E-state index in [9.17, 15) is 4.79 Å². The largest absolute Gasteiger partial charge is 0.312 e. The van der Waals surface area contributed by atoms with Gasteiger partial charge in [0.15, 0.2) is 0 Å². The number of hydrogen-bond donors (Lipinski definition) is 2. The maximum absolute atomic E-state index is 12.6. The second-order valence-electron chi connectivity index (χ2n) is 6.27. The van der Waals surface area contributed by atoms with Crippen molar-refractivity contribution in [2.75, 3.05) is 10.7 Å². The molecule has 0 aliphatic rings. The molecule has 0 fully saturated rings. The molecular weight excluding hydrogens is 416 g/mol. The van der Waals surface area contributed by atoms with Crippen LogP contribution >= 0.6 is 22.9 Å². The Bertz CT molecular complexity index is 1180. The predicted octanol–water partition coefficient (Wildman–Crippen LogP) is 6.16. The van der Waals surface area contributed by atoms with E-state index in [0.717, 1.165) is 11.1 Å². The van der Waals surface area contributed by atoms with E-state index >= 15 is 0 Å². The van der Waals surface area contributed by atoms with Gasteiger partial charge < -0.3 is 5.32 Å². The van der Waals surface area contributed by atoms with Gasteiger partial charge in [-0.3, -0.25) is 10.2 Å². The molecule has 148 valence electrons. The van der Waals surface area contributed by atoms with Crippen LogP contribution in [0.5, 0.6) is 0 Å². The van der Waals surface area contributed by atoms with Crippen LogP contribution in [-0.4, -0.2) is 17.1 Å². The van der Waals surface area contributed by atoms with Gasteiger partial charge in [0.25, 0.3) is 5.91 Å². The molecule has 1 heterocycles. The molecular formula is C23H17ClN4OS. The Balaban J connectivity index is 1.59. The van der Waals surface area contributed by atoms with Crippen LogP contribution in [0.25, 0.3) is 11.3 Å². The standard InChI is InChI=1S/C23H17ClN4OS/c24-19-14-8-7-13-18(19)15-25-28-23-26-20(16-9-3-1-4-10-16)22(30-23)27-21(29)17-11-5-2-6-12-17/h1-15H,(H,26,28)(H,27,29)/b25-15-.